The summed E-state index contributed by atoms with van der Waals surface area (Å²) in [6, 6.07) is 14.4. The molecule has 1 aliphatic carbocycles. The minimum absolute atomic E-state index is 0.00454. The van der Waals surface area contributed by atoms with Gasteiger partial charge in [-0.2, -0.15) is 0 Å². The molecule has 186 valence electrons. The molecule has 3 amide bonds. The third kappa shape index (κ3) is 3.32. The summed E-state index contributed by atoms with van der Waals surface area (Å²) >= 11 is 0. The molecule has 0 bridgehead atoms. The number of amides is 3. The fourth-order valence-corrected chi connectivity index (χ4v) is 6.95. The van der Waals surface area contributed by atoms with Gasteiger partial charge in [0, 0.05) is 40.5 Å². The molecule has 7 rings (SSSR count). The van der Waals surface area contributed by atoms with Crippen LogP contribution in [0.1, 0.15) is 65.6 Å². The minimum atomic E-state index is -0.601. The Bertz CT molecular complexity index is 1260. The van der Waals surface area contributed by atoms with Crippen LogP contribution in [0, 0.1) is 0 Å². The second kappa shape index (κ2) is 7.90. The number of hydrogen-bond acceptors (Lipinski definition) is 5. The van der Waals surface area contributed by atoms with Crippen LogP contribution in [0.2, 0.25) is 0 Å². The monoisotopic (exact) mass is 485 g/mol. The van der Waals surface area contributed by atoms with E-state index in [2.05, 4.69) is 46.6 Å². The number of imide groups is 1. The number of rotatable bonds is 4. The van der Waals surface area contributed by atoms with E-state index in [0.29, 0.717) is 30.6 Å². The Morgan fingerprint density at radius 3 is 2.47 bits per heavy atom. The molecule has 2 aromatic carbocycles. The average molecular weight is 486 g/mol. The summed E-state index contributed by atoms with van der Waals surface area (Å²) in [5.74, 6) is 0.0661. The van der Waals surface area contributed by atoms with E-state index in [1.165, 1.54) is 24.0 Å². The topological polar surface area (TPSA) is 79.0 Å². The maximum atomic E-state index is 13.2. The number of carbonyl (C=O) groups is 3. The lowest BCUT2D eigenvalue weighted by Crippen LogP contribution is -2.52. The molecule has 1 saturated carbocycles. The molecule has 4 heterocycles. The maximum Gasteiger partial charge on any atom is 0.255 e. The molecule has 5 aliphatic rings. The molecular formula is C29H31N3O4. The fourth-order valence-electron chi connectivity index (χ4n) is 6.95. The quantitative estimate of drug-likeness (QED) is 0.674. The zero-order chi connectivity index (χ0) is 24.5. The molecule has 1 spiro atoms. The lowest BCUT2D eigenvalue weighted by Gasteiger charge is -2.40. The largest absolute Gasteiger partial charge is 0.492 e. The van der Waals surface area contributed by atoms with Crippen molar-refractivity contribution in [1.29, 1.82) is 0 Å². The number of nitrogens with zero attached hydrogens (tertiary/aromatic N) is 2. The third-order valence-electron chi connectivity index (χ3n) is 9.31. The zero-order valence-electron chi connectivity index (χ0n) is 20.4. The van der Waals surface area contributed by atoms with Gasteiger partial charge in [-0.05, 0) is 56.8 Å². The Labute approximate surface area is 210 Å². The summed E-state index contributed by atoms with van der Waals surface area (Å²) in [6.07, 6.45) is 5.28. The van der Waals surface area contributed by atoms with Crippen molar-refractivity contribution in [2.24, 2.45) is 0 Å². The first kappa shape index (κ1) is 22.0. The average Bonchev–Trinajstić information content (AvgIpc) is 3.49. The molecule has 2 aromatic rings. The van der Waals surface area contributed by atoms with Crippen LogP contribution in [0.15, 0.2) is 42.5 Å². The highest BCUT2D eigenvalue weighted by Crippen LogP contribution is 2.52. The molecule has 36 heavy (non-hydrogen) atoms. The van der Waals surface area contributed by atoms with Crippen LogP contribution in [0.4, 0.5) is 0 Å². The first-order chi connectivity index (χ1) is 17.5. The van der Waals surface area contributed by atoms with Gasteiger partial charge in [0.25, 0.3) is 5.91 Å². The Kier molecular flexibility index (Phi) is 4.84. The molecule has 1 unspecified atom stereocenters. The van der Waals surface area contributed by atoms with Crippen molar-refractivity contribution in [3.05, 3.63) is 64.7 Å². The second-order valence-electron chi connectivity index (χ2n) is 11.4. The Morgan fingerprint density at radius 2 is 1.75 bits per heavy atom. The van der Waals surface area contributed by atoms with E-state index in [1.807, 2.05) is 6.07 Å². The van der Waals surface area contributed by atoms with Crippen molar-refractivity contribution in [1.82, 2.24) is 15.1 Å². The van der Waals surface area contributed by atoms with Gasteiger partial charge in [0.05, 0.1) is 13.2 Å². The van der Waals surface area contributed by atoms with Gasteiger partial charge >= 0.3 is 0 Å². The van der Waals surface area contributed by atoms with E-state index >= 15 is 0 Å². The first-order valence-corrected chi connectivity index (χ1v) is 13.2. The third-order valence-corrected chi connectivity index (χ3v) is 9.31. The van der Waals surface area contributed by atoms with Crippen molar-refractivity contribution in [2.45, 2.75) is 61.9 Å². The summed E-state index contributed by atoms with van der Waals surface area (Å²) in [4.78, 5) is 41.4. The van der Waals surface area contributed by atoms with Gasteiger partial charge in [-0.15, -0.1) is 0 Å². The van der Waals surface area contributed by atoms with Crippen molar-refractivity contribution < 1.29 is 19.1 Å². The number of piperidine rings is 2. The van der Waals surface area contributed by atoms with E-state index in [1.54, 1.807) is 4.90 Å². The highest BCUT2D eigenvalue weighted by molar-refractivity contribution is 6.05. The van der Waals surface area contributed by atoms with Gasteiger partial charge in [-0.25, -0.2) is 0 Å². The van der Waals surface area contributed by atoms with E-state index in [0.717, 1.165) is 43.8 Å². The van der Waals surface area contributed by atoms with E-state index < -0.39 is 6.04 Å². The van der Waals surface area contributed by atoms with Crippen LogP contribution in [-0.4, -0.2) is 59.8 Å². The molecule has 0 radical (unpaired) electrons. The number of benzene rings is 2. The summed E-state index contributed by atoms with van der Waals surface area (Å²) in [5.41, 5.74) is 4.56. The van der Waals surface area contributed by atoms with E-state index in [9.17, 15) is 14.4 Å². The Morgan fingerprint density at radius 1 is 0.972 bits per heavy atom. The molecular weight excluding hydrogens is 454 g/mol. The van der Waals surface area contributed by atoms with Gasteiger partial charge in [-0.1, -0.05) is 36.4 Å². The highest BCUT2D eigenvalue weighted by atomic mass is 16.5. The molecule has 0 aromatic heterocycles. The highest BCUT2D eigenvalue weighted by Gasteiger charge is 2.50. The van der Waals surface area contributed by atoms with Crippen LogP contribution < -0.4 is 10.1 Å². The van der Waals surface area contributed by atoms with Gasteiger partial charge in [0.1, 0.15) is 11.8 Å². The number of ether oxygens (including phenoxy) is 1. The molecule has 1 N–H and O–H groups in total. The molecule has 7 heteroatoms. The SMILES string of the molecule is O=C1CCC(N2Cc3c(ccc4c3OCC43CCN(CC4(c5ccccc5)CC4)CC3)C2=O)C(=O)N1. The minimum Gasteiger partial charge on any atom is -0.492 e. The van der Waals surface area contributed by atoms with Gasteiger partial charge in [0.2, 0.25) is 11.8 Å². The smallest absolute Gasteiger partial charge is 0.255 e. The van der Waals surface area contributed by atoms with E-state index in [-0.39, 0.29) is 29.6 Å². The van der Waals surface area contributed by atoms with Crippen molar-refractivity contribution >= 4 is 17.7 Å². The predicted molar refractivity (Wildman–Crippen MR) is 133 cm³/mol. The number of nitrogens with one attached hydrogen (secondary N) is 1. The number of hydrogen-bond donors (Lipinski definition) is 1. The molecule has 1 atom stereocenters. The van der Waals surface area contributed by atoms with Crippen LogP contribution in [0.3, 0.4) is 0 Å². The Hall–Kier alpha value is -3.19. The van der Waals surface area contributed by atoms with Crippen molar-refractivity contribution in [3.63, 3.8) is 0 Å². The van der Waals surface area contributed by atoms with Gasteiger partial charge in [-0.3, -0.25) is 19.7 Å². The van der Waals surface area contributed by atoms with Crippen LogP contribution >= 0.6 is 0 Å². The summed E-state index contributed by atoms with van der Waals surface area (Å²) in [6.45, 7) is 4.25. The fraction of sp³-hybridized carbons (Fsp3) is 0.483. The molecule has 7 nitrogen and oxygen atoms in total. The molecule has 3 fully saturated rings. The number of carbonyl (C=O) groups excluding carboxylic acids is 3. The summed E-state index contributed by atoms with van der Waals surface area (Å²) in [5, 5.41) is 2.38. The lowest BCUT2D eigenvalue weighted by molar-refractivity contribution is -0.136. The van der Waals surface area contributed by atoms with Crippen molar-refractivity contribution in [3.8, 4) is 5.75 Å². The molecule has 4 aliphatic heterocycles. The van der Waals surface area contributed by atoms with Crippen LogP contribution in [0.5, 0.6) is 5.75 Å². The summed E-state index contributed by atoms with van der Waals surface area (Å²) in [7, 11) is 0. The maximum absolute atomic E-state index is 13.2. The van der Waals surface area contributed by atoms with Crippen LogP contribution in [-0.2, 0) is 27.0 Å². The first-order valence-electron chi connectivity index (χ1n) is 13.2. The normalized spacial score (nSPS) is 25.9. The van der Waals surface area contributed by atoms with Crippen molar-refractivity contribution in [2.75, 3.05) is 26.2 Å². The van der Waals surface area contributed by atoms with Crippen LogP contribution in [0.25, 0.3) is 0 Å². The Balaban J connectivity index is 1.08. The zero-order valence-corrected chi connectivity index (χ0v) is 20.4. The lowest BCUT2D eigenvalue weighted by atomic mass is 9.73. The van der Waals surface area contributed by atoms with E-state index in [4.69, 9.17) is 4.74 Å². The molecule has 2 saturated heterocycles. The number of likely N-dealkylation sites (tertiary alicyclic amines) is 1. The summed E-state index contributed by atoms with van der Waals surface area (Å²) < 4.78 is 6.33. The van der Waals surface area contributed by atoms with Gasteiger partial charge < -0.3 is 14.5 Å². The predicted octanol–water partition coefficient (Wildman–Crippen LogP) is 2.91. The van der Waals surface area contributed by atoms with Gasteiger partial charge in [0.15, 0.2) is 0 Å². The second-order valence-corrected chi connectivity index (χ2v) is 11.4. The standard InChI is InChI=1S/C29H31N3O4/c33-24-9-8-23(26(34)30-24)32-16-21-20(27(32)35)6-7-22-25(21)36-18-29(22)12-14-31(15-13-29)17-28(10-11-28)19-4-2-1-3-5-19/h1-7,23H,8-18H2,(H,30,33,34). The number of fused-ring (bicyclic) bond motifs is 4.